The van der Waals surface area contributed by atoms with Gasteiger partial charge in [-0.1, -0.05) is 0 Å². The second-order valence-corrected chi connectivity index (χ2v) is 16.8. The molecule has 2 amide bonds. The second-order valence-electron chi connectivity index (χ2n) is 16.8. The molecule has 6 N–H and O–H groups in total. The lowest BCUT2D eigenvalue weighted by atomic mass is 10.0. The molecule has 0 aliphatic carbocycles. The third-order valence-corrected chi connectivity index (χ3v) is 12.1. The average Bonchev–Trinajstić information content (AvgIpc) is 3.37. The number of benzene rings is 4. The molecule has 0 radical (unpaired) electrons. The first kappa shape index (κ1) is 45.5. The molecule has 2 aromatic heterocycles. The van der Waals surface area contributed by atoms with Crippen molar-refractivity contribution in [3.8, 4) is 11.5 Å². The van der Waals surface area contributed by atoms with Crippen molar-refractivity contribution in [1.29, 1.82) is 0 Å². The van der Waals surface area contributed by atoms with Crippen LogP contribution in [0, 0.1) is 13.8 Å². The molecular weight excluding hydrogens is 865 g/mol. The van der Waals surface area contributed by atoms with E-state index in [-0.39, 0.29) is 11.8 Å². The average molecular weight is 921 g/mol. The van der Waals surface area contributed by atoms with Crippen LogP contribution in [0.25, 0.3) is 0 Å². The molecule has 4 aromatic carbocycles. The van der Waals surface area contributed by atoms with E-state index in [0.29, 0.717) is 36.4 Å². The molecule has 6 aromatic rings. The molecule has 18 heteroatoms. The van der Waals surface area contributed by atoms with Gasteiger partial charge in [0.1, 0.15) is 23.1 Å². The smallest absolute Gasteiger partial charge is 0.229 e. The van der Waals surface area contributed by atoms with Crippen LogP contribution in [0.1, 0.15) is 35.1 Å². The fraction of sp³-hybridized carbons (Fsp3) is 0.320. The van der Waals surface area contributed by atoms with Gasteiger partial charge in [-0.3, -0.25) is 9.59 Å². The van der Waals surface area contributed by atoms with Gasteiger partial charge in [0.05, 0.1) is 52.0 Å². The zero-order chi connectivity index (χ0) is 47.0. The summed E-state index contributed by atoms with van der Waals surface area (Å²) in [6, 6.07) is 24.0. The molecular formula is C50H56N12O6. The van der Waals surface area contributed by atoms with E-state index >= 15 is 0 Å². The third-order valence-electron chi connectivity index (χ3n) is 12.1. The third kappa shape index (κ3) is 10.9. The Morgan fingerprint density at radius 2 is 1.00 bits per heavy atom. The number of morpholine rings is 2. The van der Waals surface area contributed by atoms with Gasteiger partial charge in [-0.25, -0.2) is 9.97 Å². The van der Waals surface area contributed by atoms with Crippen LogP contribution >= 0.6 is 0 Å². The zero-order valence-electron chi connectivity index (χ0n) is 38.7. The van der Waals surface area contributed by atoms with E-state index in [4.69, 9.17) is 18.9 Å². The Bertz CT molecular complexity index is 2800. The zero-order valence-corrected chi connectivity index (χ0v) is 38.7. The van der Waals surface area contributed by atoms with Gasteiger partial charge in [0.15, 0.2) is 0 Å². The summed E-state index contributed by atoms with van der Waals surface area (Å²) in [6.07, 6.45) is 6.02. The summed E-state index contributed by atoms with van der Waals surface area (Å²) in [5, 5.41) is 19.2. The maximum Gasteiger partial charge on any atom is 0.229 e. The van der Waals surface area contributed by atoms with E-state index < -0.39 is 0 Å². The van der Waals surface area contributed by atoms with Crippen LogP contribution in [0.3, 0.4) is 0 Å². The van der Waals surface area contributed by atoms with Gasteiger partial charge in [-0.05, 0) is 98.5 Å². The Morgan fingerprint density at radius 1 is 0.544 bits per heavy atom. The number of ether oxygens (including phenoxy) is 4. The number of aromatic nitrogens is 4. The minimum atomic E-state index is 0.0548. The number of methoxy groups -OCH3 is 2. The number of hydrogen-bond acceptors (Lipinski definition) is 16. The van der Waals surface area contributed by atoms with Crippen LogP contribution in [0.5, 0.6) is 11.5 Å². The number of amides is 2. The summed E-state index contributed by atoms with van der Waals surface area (Å²) in [6.45, 7) is 10.3. The predicted molar refractivity (Wildman–Crippen MR) is 266 cm³/mol. The molecule has 4 aliphatic heterocycles. The number of aryl methyl sites for hydroxylation is 4. The van der Waals surface area contributed by atoms with Gasteiger partial charge in [-0.2, -0.15) is 9.97 Å². The van der Waals surface area contributed by atoms with Crippen LogP contribution in [0.2, 0.25) is 0 Å². The lowest BCUT2D eigenvalue weighted by Crippen LogP contribution is -2.36. The first-order chi connectivity index (χ1) is 33.2. The van der Waals surface area contributed by atoms with Crippen LogP contribution < -0.4 is 51.2 Å². The van der Waals surface area contributed by atoms with E-state index in [1.54, 1.807) is 26.6 Å². The molecule has 18 nitrogen and oxygen atoms in total. The Balaban J connectivity index is 0.000000170. The van der Waals surface area contributed by atoms with Crippen molar-refractivity contribution in [2.45, 2.75) is 39.5 Å². The lowest BCUT2D eigenvalue weighted by molar-refractivity contribution is -0.117. The van der Waals surface area contributed by atoms with Gasteiger partial charge in [0, 0.05) is 109 Å². The molecule has 0 saturated carbocycles. The summed E-state index contributed by atoms with van der Waals surface area (Å²) >= 11 is 0. The fourth-order valence-electron chi connectivity index (χ4n) is 8.30. The summed E-state index contributed by atoms with van der Waals surface area (Å²) in [5.41, 5.74) is 11.4. The van der Waals surface area contributed by atoms with Gasteiger partial charge in [0.2, 0.25) is 23.7 Å². The molecule has 0 unspecified atom stereocenters. The van der Waals surface area contributed by atoms with E-state index in [2.05, 4.69) is 79.8 Å². The molecule has 0 spiro atoms. The van der Waals surface area contributed by atoms with Gasteiger partial charge < -0.3 is 60.6 Å². The first-order valence-corrected chi connectivity index (χ1v) is 22.8. The first-order valence-electron chi connectivity index (χ1n) is 22.8. The van der Waals surface area contributed by atoms with E-state index in [9.17, 15) is 9.59 Å². The van der Waals surface area contributed by atoms with Crippen LogP contribution in [-0.2, 0) is 31.9 Å². The standard InChI is InChI=1S/2C25H28N6O3/c1-16-15-26-25(27-18-4-6-20-17(13-18)3-8-23(32)28-20)30-24(16)29-21-7-5-19(14-22(21)33-2)31-9-11-34-12-10-31;1-16-15-26-25(29-21-7-5-19(14-22(21)33-2)31-9-11-34-12-10-31)30-24(16)27-18-4-6-20-17(13-18)3-8-23(32)28-20/h2*4-7,13-15H,3,8-12H2,1-2H3,(H,28,32)(H2,26,27,29,30). The molecule has 0 bridgehead atoms. The van der Waals surface area contributed by atoms with E-state index in [0.717, 1.165) is 145 Å². The lowest BCUT2D eigenvalue weighted by Gasteiger charge is -2.29. The van der Waals surface area contributed by atoms with Crippen molar-refractivity contribution in [1.82, 2.24) is 19.9 Å². The van der Waals surface area contributed by atoms with Crippen LogP contribution in [0.15, 0.2) is 85.2 Å². The molecule has 2 fully saturated rings. The molecule has 2 saturated heterocycles. The maximum atomic E-state index is 11.6. The number of carbonyl (C=O) groups is 2. The second kappa shape index (κ2) is 20.9. The van der Waals surface area contributed by atoms with Crippen molar-refractivity contribution in [2.75, 3.05) is 109 Å². The number of nitrogens with zero attached hydrogens (tertiary/aromatic N) is 6. The van der Waals surface area contributed by atoms with Gasteiger partial charge in [0.25, 0.3) is 0 Å². The SMILES string of the molecule is COc1cc(N2CCOCC2)ccc1Nc1nc(Nc2ccc3c(c2)CCC(=O)N3)ncc1C.COc1cc(N2CCOCC2)ccc1Nc1ncc(C)c(Nc2ccc3c(c2)CCC(=O)N3)n1. The Hall–Kier alpha value is -7.70. The number of nitrogens with one attached hydrogen (secondary N) is 6. The molecule has 10 rings (SSSR count). The van der Waals surface area contributed by atoms with Crippen molar-refractivity contribution >= 4 is 80.8 Å². The summed E-state index contributed by atoms with van der Waals surface area (Å²) in [4.78, 5) is 46.0. The Labute approximate surface area is 395 Å². The number of rotatable bonds is 12. The van der Waals surface area contributed by atoms with Crippen molar-refractivity contribution < 1.29 is 28.5 Å². The van der Waals surface area contributed by atoms with Gasteiger partial charge >= 0.3 is 0 Å². The van der Waals surface area contributed by atoms with Gasteiger partial charge in [-0.15, -0.1) is 0 Å². The molecule has 68 heavy (non-hydrogen) atoms. The van der Waals surface area contributed by atoms with Crippen LogP contribution in [-0.4, -0.2) is 98.6 Å². The summed E-state index contributed by atoms with van der Waals surface area (Å²) < 4.78 is 22.2. The van der Waals surface area contributed by atoms with Crippen molar-refractivity contribution in [2.24, 2.45) is 0 Å². The van der Waals surface area contributed by atoms with Crippen LogP contribution in [0.4, 0.5) is 69.0 Å². The molecule has 6 heterocycles. The monoisotopic (exact) mass is 920 g/mol. The quantitative estimate of drug-likeness (QED) is 0.0689. The topological polar surface area (TPSA) is 201 Å². The highest BCUT2D eigenvalue weighted by Gasteiger charge is 2.19. The highest BCUT2D eigenvalue weighted by atomic mass is 16.5. The van der Waals surface area contributed by atoms with Crippen molar-refractivity contribution in [3.63, 3.8) is 0 Å². The van der Waals surface area contributed by atoms with Crippen molar-refractivity contribution in [3.05, 3.63) is 107 Å². The normalized spacial score (nSPS) is 15.4. The summed E-state index contributed by atoms with van der Waals surface area (Å²) in [7, 11) is 3.33. The summed E-state index contributed by atoms with van der Waals surface area (Å²) in [5.74, 6) is 3.93. The fourth-order valence-corrected chi connectivity index (χ4v) is 8.30. The number of hydrogen-bond donors (Lipinski definition) is 6. The predicted octanol–water partition coefficient (Wildman–Crippen LogP) is 8.00. The maximum absolute atomic E-state index is 11.6. The minimum Gasteiger partial charge on any atom is -0.494 e. The molecule has 0 atom stereocenters. The van der Waals surface area contributed by atoms with E-state index in [1.165, 1.54) is 0 Å². The highest BCUT2D eigenvalue weighted by Crippen LogP contribution is 2.35. The Morgan fingerprint density at radius 3 is 1.50 bits per heavy atom. The minimum absolute atomic E-state index is 0.0548. The number of anilines is 12. The largest absolute Gasteiger partial charge is 0.494 e. The molecule has 4 aliphatic rings. The van der Waals surface area contributed by atoms with E-state index in [1.807, 2.05) is 68.4 Å². The Kier molecular flexibility index (Phi) is 13.9. The number of carbonyl (C=O) groups excluding carboxylic acids is 2. The highest BCUT2D eigenvalue weighted by molar-refractivity contribution is 5.95. The number of fused-ring (bicyclic) bond motifs is 2. The molecule has 352 valence electrons.